The summed E-state index contributed by atoms with van der Waals surface area (Å²) in [5.41, 5.74) is 2.95. The molecule has 0 unspecified atom stereocenters. The van der Waals surface area contributed by atoms with Gasteiger partial charge >= 0.3 is 0 Å². The van der Waals surface area contributed by atoms with Crippen molar-refractivity contribution >= 4 is 67.6 Å². The molecule has 0 saturated heterocycles. The molecule has 1 aromatic heterocycles. The molecule has 0 bridgehead atoms. The van der Waals surface area contributed by atoms with Crippen molar-refractivity contribution in [1.29, 1.82) is 0 Å². The van der Waals surface area contributed by atoms with Crippen LogP contribution in [0.1, 0.15) is 5.56 Å². The first-order chi connectivity index (χ1) is 17.1. The number of phenols is 1. The molecule has 4 aromatic carbocycles. The molecule has 0 atom stereocenters. The topological polar surface area (TPSA) is 83.8 Å². The Kier molecular flexibility index (Phi) is 6.65. The number of anilines is 1. The van der Waals surface area contributed by atoms with Crippen LogP contribution in [0.15, 0.2) is 88.2 Å². The molecular weight excluding hydrogens is 478 g/mol. The van der Waals surface area contributed by atoms with Gasteiger partial charge in [-0.25, -0.2) is 4.98 Å². The van der Waals surface area contributed by atoms with Crippen molar-refractivity contribution in [1.82, 2.24) is 4.98 Å². The summed E-state index contributed by atoms with van der Waals surface area (Å²) in [6.45, 7) is 0. The monoisotopic (exact) mass is 499 g/mol. The maximum atomic E-state index is 12.4. The van der Waals surface area contributed by atoms with Crippen molar-refractivity contribution in [2.45, 2.75) is 4.34 Å². The smallest absolute Gasteiger partial charge is 0.234 e. The summed E-state index contributed by atoms with van der Waals surface area (Å²) >= 11 is 2.91. The molecule has 0 aliphatic rings. The molecule has 1 amide bonds. The third-order valence-corrected chi connectivity index (χ3v) is 7.51. The van der Waals surface area contributed by atoms with Gasteiger partial charge < -0.3 is 15.2 Å². The number of amides is 1. The molecule has 35 heavy (non-hydrogen) atoms. The summed E-state index contributed by atoms with van der Waals surface area (Å²) < 4.78 is 7.07. The van der Waals surface area contributed by atoms with E-state index >= 15 is 0 Å². The molecular formula is C27H21N3O3S2. The number of nitrogens with one attached hydrogen (secondary N) is 1. The third-order valence-electron chi connectivity index (χ3n) is 5.35. The normalized spacial score (nSPS) is 11.3. The SMILES string of the molecule is COc1ccccc1NC(=O)CSc1nc2ccc(N=Cc3c(O)ccc4ccccc34)cc2s1. The van der Waals surface area contributed by atoms with Crippen molar-refractivity contribution in [3.8, 4) is 11.5 Å². The number of thioether (sulfide) groups is 1. The van der Waals surface area contributed by atoms with Crippen LogP contribution in [0.5, 0.6) is 11.5 Å². The minimum absolute atomic E-state index is 0.126. The zero-order chi connectivity index (χ0) is 24.2. The Labute approximate surface area is 210 Å². The van der Waals surface area contributed by atoms with Crippen LogP contribution in [0.25, 0.3) is 21.0 Å². The van der Waals surface area contributed by atoms with Crippen LogP contribution >= 0.6 is 23.1 Å². The summed E-state index contributed by atoms with van der Waals surface area (Å²) in [6.07, 6.45) is 1.69. The van der Waals surface area contributed by atoms with Gasteiger partial charge in [0.15, 0.2) is 4.34 Å². The van der Waals surface area contributed by atoms with Gasteiger partial charge in [0, 0.05) is 11.8 Å². The summed E-state index contributed by atoms with van der Waals surface area (Å²) in [6, 6.07) is 24.5. The second-order valence-corrected chi connectivity index (χ2v) is 9.90. The van der Waals surface area contributed by atoms with Crippen LogP contribution in [0.4, 0.5) is 11.4 Å². The van der Waals surface area contributed by atoms with Crippen LogP contribution in [0, 0.1) is 0 Å². The summed E-state index contributed by atoms with van der Waals surface area (Å²) in [4.78, 5) is 21.6. The van der Waals surface area contributed by atoms with Crippen LogP contribution in [0.3, 0.4) is 0 Å². The van der Waals surface area contributed by atoms with Crippen molar-refractivity contribution in [2.75, 3.05) is 18.2 Å². The Morgan fingerprint density at radius 3 is 2.83 bits per heavy atom. The second-order valence-electron chi connectivity index (χ2n) is 7.65. The lowest BCUT2D eigenvalue weighted by molar-refractivity contribution is -0.113. The van der Waals surface area contributed by atoms with E-state index < -0.39 is 0 Å². The lowest BCUT2D eigenvalue weighted by atomic mass is 10.0. The van der Waals surface area contributed by atoms with Gasteiger partial charge in [-0.3, -0.25) is 9.79 Å². The van der Waals surface area contributed by atoms with Gasteiger partial charge in [0.05, 0.1) is 34.5 Å². The first kappa shape index (κ1) is 22.9. The molecule has 2 N–H and O–H groups in total. The Morgan fingerprint density at radius 1 is 1.11 bits per heavy atom. The fourth-order valence-corrected chi connectivity index (χ4v) is 5.56. The molecule has 0 aliphatic carbocycles. The highest BCUT2D eigenvalue weighted by Gasteiger charge is 2.11. The number of ether oxygens (including phenoxy) is 1. The standard InChI is InChI=1S/C27H21N3O3S2/c1-33-24-9-5-4-8-21(24)29-26(32)16-34-27-30-22-12-11-18(14-25(22)35-27)28-15-20-19-7-3-2-6-17(19)10-13-23(20)31/h2-15,31H,16H2,1H3,(H,29,32). The zero-order valence-corrected chi connectivity index (χ0v) is 20.4. The van der Waals surface area contributed by atoms with Gasteiger partial charge in [0.25, 0.3) is 0 Å². The number of fused-ring (bicyclic) bond motifs is 2. The van der Waals surface area contributed by atoms with E-state index in [1.807, 2.05) is 60.7 Å². The van der Waals surface area contributed by atoms with E-state index in [0.29, 0.717) is 17.0 Å². The molecule has 5 aromatic rings. The van der Waals surface area contributed by atoms with E-state index in [2.05, 4.69) is 15.3 Å². The average Bonchev–Trinajstić information content (AvgIpc) is 3.29. The number of hydrogen-bond acceptors (Lipinski definition) is 7. The molecule has 8 heteroatoms. The Balaban J connectivity index is 1.29. The number of methoxy groups -OCH3 is 1. The molecule has 0 radical (unpaired) electrons. The molecule has 0 saturated carbocycles. The number of aromatic hydroxyl groups is 1. The molecule has 0 fully saturated rings. The van der Waals surface area contributed by atoms with E-state index in [1.54, 1.807) is 31.5 Å². The fourth-order valence-electron chi connectivity index (χ4n) is 3.65. The van der Waals surface area contributed by atoms with E-state index in [1.165, 1.54) is 23.1 Å². The highest BCUT2D eigenvalue weighted by Crippen LogP contribution is 2.33. The Hall–Kier alpha value is -3.88. The number of carbonyl (C=O) groups is 1. The third kappa shape index (κ3) is 5.13. The first-order valence-electron chi connectivity index (χ1n) is 10.8. The number of hydrogen-bond donors (Lipinski definition) is 2. The molecule has 174 valence electrons. The van der Waals surface area contributed by atoms with E-state index in [-0.39, 0.29) is 17.4 Å². The van der Waals surface area contributed by atoms with Gasteiger partial charge in [-0.05, 0) is 47.2 Å². The number of nitrogens with zero attached hydrogens (tertiary/aromatic N) is 2. The lowest BCUT2D eigenvalue weighted by Crippen LogP contribution is -2.14. The Bertz CT molecular complexity index is 1560. The highest BCUT2D eigenvalue weighted by atomic mass is 32.2. The van der Waals surface area contributed by atoms with Gasteiger partial charge in [-0.1, -0.05) is 54.2 Å². The van der Waals surface area contributed by atoms with Gasteiger partial charge in [-0.15, -0.1) is 11.3 Å². The molecule has 5 rings (SSSR count). The molecule has 0 spiro atoms. The lowest BCUT2D eigenvalue weighted by Gasteiger charge is -2.09. The number of rotatable bonds is 7. The minimum Gasteiger partial charge on any atom is -0.507 e. The maximum Gasteiger partial charge on any atom is 0.234 e. The first-order valence-corrected chi connectivity index (χ1v) is 12.6. The van der Waals surface area contributed by atoms with Gasteiger partial charge in [0.2, 0.25) is 5.91 Å². The summed E-state index contributed by atoms with van der Waals surface area (Å²) in [5.74, 6) is 0.926. The predicted molar refractivity (Wildman–Crippen MR) is 145 cm³/mol. The van der Waals surface area contributed by atoms with E-state index in [9.17, 15) is 9.90 Å². The molecule has 6 nitrogen and oxygen atoms in total. The molecule has 0 aliphatic heterocycles. The van der Waals surface area contributed by atoms with Gasteiger partial charge in [-0.2, -0.15) is 0 Å². The number of phenolic OH excluding ortho intramolecular Hbond substituents is 1. The number of thiazole rings is 1. The summed E-state index contributed by atoms with van der Waals surface area (Å²) in [5, 5.41) is 15.2. The number of carbonyl (C=O) groups excluding carboxylic acids is 1. The van der Waals surface area contributed by atoms with Crippen LogP contribution in [0.2, 0.25) is 0 Å². The van der Waals surface area contributed by atoms with Crippen molar-refractivity contribution in [3.63, 3.8) is 0 Å². The van der Waals surface area contributed by atoms with Crippen LogP contribution < -0.4 is 10.1 Å². The van der Waals surface area contributed by atoms with Crippen molar-refractivity contribution in [2.24, 2.45) is 4.99 Å². The van der Waals surface area contributed by atoms with E-state index in [4.69, 9.17) is 4.74 Å². The van der Waals surface area contributed by atoms with Crippen molar-refractivity contribution < 1.29 is 14.6 Å². The Morgan fingerprint density at radius 2 is 1.94 bits per heavy atom. The number of aliphatic imine (C=N–C) groups is 1. The van der Waals surface area contributed by atoms with Gasteiger partial charge in [0.1, 0.15) is 11.5 Å². The maximum absolute atomic E-state index is 12.4. The summed E-state index contributed by atoms with van der Waals surface area (Å²) in [7, 11) is 1.57. The van der Waals surface area contributed by atoms with Crippen molar-refractivity contribution in [3.05, 3.63) is 84.4 Å². The fraction of sp³-hybridized carbons (Fsp3) is 0.0741. The largest absolute Gasteiger partial charge is 0.507 e. The molecule has 1 heterocycles. The van der Waals surface area contributed by atoms with Crippen LogP contribution in [-0.4, -0.2) is 35.1 Å². The quantitative estimate of drug-likeness (QED) is 0.194. The number of para-hydroxylation sites is 2. The predicted octanol–water partition coefficient (Wildman–Crippen LogP) is 6.65. The van der Waals surface area contributed by atoms with E-state index in [0.717, 1.165) is 31.0 Å². The second kappa shape index (κ2) is 10.2. The minimum atomic E-state index is -0.126. The average molecular weight is 500 g/mol. The number of aromatic nitrogens is 1. The van der Waals surface area contributed by atoms with Crippen LogP contribution in [-0.2, 0) is 4.79 Å². The zero-order valence-electron chi connectivity index (χ0n) is 18.8. The highest BCUT2D eigenvalue weighted by molar-refractivity contribution is 8.01. The number of benzene rings is 4.